The first-order valence-electron chi connectivity index (χ1n) is 12.9. The molecule has 0 N–H and O–H groups in total. The van der Waals surface area contributed by atoms with Crippen LogP contribution in [0.15, 0.2) is 0 Å². The van der Waals surface area contributed by atoms with Gasteiger partial charge in [0, 0.05) is 0 Å². The first-order valence-corrected chi connectivity index (χ1v) is 16.9. The number of unbranched alkanes of at least 4 members (excludes halogenated alkanes) is 12. The van der Waals surface area contributed by atoms with Gasteiger partial charge in [-0.15, -0.1) is 0 Å². The summed E-state index contributed by atoms with van der Waals surface area (Å²) in [6, 6.07) is 0. The molecule has 2 radical (unpaired) electrons. The second-order valence-electron chi connectivity index (χ2n) is 8.00. The van der Waals surface area contributed by atoms with E-state index in [-0.39, 0.29) is 21.1 Å². The van der Waals surface area contributed by atoms with E-state index in [9.17, 15) is 4.79 Å². The molecule has 30 heavy (non-hydrogen) atoms. The minimum atomic E-state index is -0.746. The van der Waals surface area contributed by atoms with E-state index in [0.717, 1.165) is 25.7 Å². The molecule has 0 aliphatic rings. The fraction of sp³-hybridized carbons (Fsp3) is 0.960. The second kappa shape index (κ2) is 31.2. The van der Waals surface area contributed by atoms with Crippen LogP contribution in [-0.2, 0) is 14.5 Å². The minimum Gasteiger partial charge on any atom is -0.432 e. The molecule has 180 valence electrons. The molecule has 0 aromatic rings. The largest absolute Gasteiger partial charge is 0.540 e. The van der Waals surface area contributed by atoms with Gasteiger partial charge in [0.25, 0.3) is 0 Å². The zero-order valence-electron chi connectivity index (χ0n) is 20.8. The van der Waals surface area contributed by atoms with Crippen molar-refractivity contribution < 1.29 is 19.3 Å². The van der Waals surface area contributed by atoms with Crippen LogP contribution in [0.3, 0.4) is 0 Å². The minimum absolute atomic E-state index is 0.0736. The van der Waals surface area contributed by atoms with Gasteiger partial charge in [0.05, 0.1) is 13.2 Å². The molecule has 0 fully saturated rings. The number of hydrogen-bond acceptors (Lipinski definition) is 4. The maximum atomic E-state index is 10.7. The molecule has 0 bridgehead atoms. The summed E-state index contributed by atoms with van der Waals surface area (Å²) in [5.41, 5.74) is 0. The van der Waals surface area contributed by atoms with Crippen LogP contribution < -0.4 is 0 Å². The predicted octanol–water partition coefficient (Wildman–Crippen LogP) is 8.92. The van der Waals surface area contributed by atoms with E-state index in [1.165, 1.54) is 64.2 Å². The standard InChI is InChI=1S/C9H18O4.2C8H17.Sn/c1-3-5-7-11-9(10)13-12-8-6-4-2;2*1-3-5-7-8-6-4-2;/h3-8H2,1-2H3;2*1,3-8H2,2H3;. The number of ether oxygens (including phenoxy) is 1. The van der Waals surface area contributed by atoms with Gasteiger partial charge in [-0.25, -0.2) is 4.79 Å². The molecule has 0 unspecified atom stereocenters. The molecule has 5 heteroatoms. The van der Waals surface area contributed by atoms with Crippen LogP contribution in [0, 0.1) is 0 Å². The first kappa shape index (κ1) is 32.2. The third-order valence-electron chi connectivity index (χ3n) is 4.84. The topological polar surface area (TPSA) is 44.8 Å². The summed E-state index contributed by atoms with van der Waals surface area (Å²) in [7, 11) is 0. The van der Waals surface area contributed by atoms with Crippen molar-refractivity contribution in [1.82, 2.24) is 0 Å². The quantitative estimate of drug-likeness (QED) is 0.0484. The Balaban J connectivity index is 0. The van der Waals surface area contributed by atoms with Crippen molar-refractivity contribution in [2.75, 3.05) is 13.2 Å². The Kier molecular flexibility index (Phi) is 33.5. The number of rotatable bonds is 21. The van der Waals surface area contributed by atoms with Crippen LogP contribution in [0.4, 0.5) is 4.79 Å². The smallest absolute Gasteiger partial charge is 0.432 e. The molecule has 0 rings (SSSR count). The van der Waals surface area contributed by atoms with Crippen LogP contribution in [0.25, 0.3) is 0 Å². The van der Waals surface area contributed by atoms with Crippen LogP contribution >= 0.6 is 0 Å². The molecule has 0 aliphatic heterocycles. The van der Waals surface area contributed by atoms with E-state index in [2.05, 4.69) is 28.4 Å². The molecule has 0 heterocycles. The molecule has 0 atom stereocenters. The van der Waals surface area contributed by atoms with Gasteiger partial charge in [-0.3, -0.25) is 4.89 Å². The molecule has 4 nitrogen and oxygen atoms in total. The fourth-order valence-electron chi connectivity index (χ4n) is 2.80. The fourth-order valence-corrected chi connectivity index (χ4v) is 6.37. The summed E-state index contributed by atoms with van der Waals surface area (Å²) in [6.45, 7) is 9.48. The van der Waals surface area contributed by atoms with E-state index in [0.29, 0.717) is 13.2 Å². The van der Waals surface area contributed by atoms with E-state index in [4.69, 9.17) is 0 Å². The third-order valence-corrected chi connectivity index (χ3v) is 8.88. The van der Waals surface area contributed by atoms with E-state index in [1.54, 1.807) is 21.7 Å². The molecule has 0 aliphatic carbocycles. The zero-order valence-corrected chi connectivity index (χ0v) is 23.6. The molecule has 0 aromatic carbocycles. The van der Waals surface area contributed by atoms with Crippen molar-refractivity contribution in [1.29, 1.82) is 0 Å². The summed E-state index contributed by atoms with van der Waals surface area (Å²) in [5.74, 6) is 0. The number of carbonyl (C=O) groups is 1. The maximum Gasteiger partial charge on any atom is 0.540 e. The van der Waals surface area contributed by atoms with Crippen molar-refractivity contribution in [3.05, 3.63) is 0 Å². The van der Waals surface area contributed by atoms with Gasteiger partial charge in [0.15, 0.2) is 0 Å². The molecule has 0 spiro atoms. The van der Waals surface area contributed by atoms with Crippen LogP contribution in [0.5, 0.6) is 0 Å². The average Bonchev–Trinajstić information content (AvgIpc) is 2.75. The normalized spacial score (nSPS) is 10.4. The van der Waals surface area contributed by atoms with E-state index < -0.39 is 6.16 Å². The van der Waals surface area contributed by atoms with Crippen LogP contribution in [-0.4, -0.2) is 40.5 Å². The van der Waals surface area contributed by atoms with Crippen molar-refractivity contribution in [3.8, 4) is 0 Å². The second-order valence-corrected chi connectivity index (χ2v) is 12.3. The van der Waals surface area contributed by atoms with Gasteiger partial charge in [0.1, 0.15) is 0 Å². The summed E-state index contributed by atoms with van der Waals surface area (Å²) < 4.78 is 7.99. The summed E-state index contributed by atoms with van der Waals surface area (Å²) >= 11 is 0.0736. The summed E-state index contributed by atoms with van der Waals surface area (Å²) in [6.07, 6.45) is 20.8. The van der Waals surface area contributed by atoms with Crippen molar-refractivity contribution in [2.24, 2.45) is 0 Å². The van der Waals surface area contributed by atoms with Crippen molar-refractivity contribution in [3.63, 3.8) is 0 Å². The van der Waals surface area contributed by atoms with Crippen LogP contribution in [0.1, 0.15) is 130 Å². The molecule has 0 saturated carbocycles. The zero-order chi connectivity index (χ0) is 22.5. The molecular formula is C25H52O4Sn. The summed E-state index contributed by atoms with van der Waals surface area (Å²) in [4.78, 5) is 19.6. The van der Waals surface area contributed by atoms with E-state index >= 15 is 0 Å². The number of hydrogen-bond donors (Lipinski definition) is 0. The Morgan fingerprint density at radius 1 is 0.567 bits per heavy atom. The molecule has 0 amide bonds. The first-order chi connectivity index (χ1) is 14.7. The van der Waals surface area contributed by atoms with Crippen molar-refractivity contribution in [2.45, 2.75) is 139 Å². The maximum absolute atomic E-state index is 10.7. The molecular weight excluding hydrogens is 483 g/mol. The van der Waals surface area contributed by atoms with Gasteiger partial charge < -0.3 is 4.74 Å². The van der Waals surface area contributed by atoms with Gasteiger partial charge >= 0.3 is 127 Å². The van der Waals surface area contributed by atoms with E-state index in [1.807, 2.05) is 13.8 Å². The monoisotopic (exact) mass is 536 g/mol. The Morgan fingerprint density at radius 2 is 1.00 bits per heavy atom. The average molecular weight is 535 g/mol. The van der Waals surface area contributed by atoms with Crippen molar-refractivity contribution >= 4 is 27.3 Å². The van der Waals surface area contributed by atoms with Crippen LogP contribution in [0.2, 0.25) is 8.87 Å². The van der Waals surface area contributed by atoms with Gasteiger partial charge in [-0.2, -0.15) is 4.89 Å². The third kappa shape index (κ3) is 32.7. The Morgan fingerprint density at radius 3 is 1.50 bits per heavy atom. The summed E-state index contributed by atoms with van der Waals surface area (Å²) in [5, 5.41) is 0. The predicted molar refractivity (Wildman–Crippen MR) is 130 cm³/mol. The Bertz CT molecular complexity index is 300. The van der Waals surface area contributed by atoms with Gasteiger partial charge in [-0.05, 0) is 12.8 Å². The van der Waals surface area contributed by atoms with Gasteiger partial charge in [-0.1, -0.05) is 26.7 Å². The van der Waals surface area contributed by atoms with Gasteiger partial charge in [0.2, 0.25) is 0 Å². The SMILES string of the molecule is CCCCCCC[CH2][Sn][CH2]CCCCCCC.CCCCOOC(=O)OCCCC. The molecule has 0 aromatic heterocycles. The number of carbonyl (C=O) groups excluding carboxylic acids is 1. The Hall–Kier alpha value is 0.0287. The Labute approximate surface area is 198 Å². The molecule has 0 saturated heterocycles.